The Labute approximate surface area is 238 Å². The zero-order chi connectivity index (χ0) is 30.1. The first-order valence-corrected chi connectivity index (χ1v) is 13.5. The van der Waals surface area contributed by atoms with Crippen molar-refractivity contribution in [1.82, 2.24) is 5.32 Å². The molecular weight excluding hydrogens is 524 g/mol. The van der Waals surface area contributed by atoms with Crippen LogP contribution in [0.1, 0.15) is 93.8 Å². The molecular formula is C32H34N2O7. The minimum atomic E-state index is -0.895. The Morgan fingerprint density at radius 2 is 1.07 bits per heavy atom. The van der Waals surface area contributed by atoms with E-state index in [2.05, 4.69) is 5.32 Å². The third-order valence-corrected chi connectivity index (χ3v) is 7.08. The molecule has 2 aliphatic rings. The number of rotatable bonds is 10. The van der Waals surface area contributed by atoms with Crippen LogP contribution in [0.2, 0.25) is 0 Å². The second-order valence-electron chi connectivity index (χ2n) is 9.85. The maximum Gasteiger partial charge on any atom is 0.303 e. The predicted octanol–water partition coefficient (Wildman–Crippen LogP) is 4.26. The standard InChI is InChI=1S/C17H20N2O3.C15H14O4/c1-11-12(7-4-8-15(20)19-10-9-18)17(22)14-6-3-2-5-13(14)16(11)21;1-9-10(7-4-8-13(16)17)15(19)12-6-3-2-5-11(12)14(9)18/h2-3,5-6H,4,7-10,18H2,1H3,(H,19,20);2-3,5-6H,4,7-8H2,1H3,(H,16,17). The van der Waals surface area contributed by atoms with Crippen LogP contribution in [0.5, 0.6) is 0 Å². The first-order valence-electron chi connectivity index (χ1n) is 13.5. The van der Waals surface area contributed by atoms with Gasteiger partial charge in [0.1, 0.15) is 0 Å². The molecule has 9 heteroatoms. The second kappa shape index (κ2) is 14.2. The number of benzene rings is 2. The largest absolute Gasteiger partial charge is 0.481 e. The lowest BCUT2D eigenvalue weighted by Gasteiger charge is -2.18. The topological polar surface area (TPSA) is 161 Å². The highest BCUT2D eigenvalue weighted by Crippen LogP contribution is 2.30. The summed E-state index contributed by atoms with van der Waals surface area (Å²) >= 11 is 0. The Morgan fingerprint density at radius 1 is 0.683 bits per heavy atom. The van der Waals surface area contributed by atoms with Gasteiger partial charge < -0.3 is 16.2 Å². The van der Waals surface area contributed by atoms with Crippen LogP contribution in [0.3, 0.4) is 0 Å². The van der Waals surface area contributed by atoms with Gasteiger partial charge in [-0.15, -0.1) is 0 Å². The number of allylic oxidation sites excluding steroid dienone is 4. The van der Waals surface area contributed by atoms with Crippen LogP contribution in [0.15, 0.2) is 70.8 Å². The fraction of sp³-hybridized carbons (Fsp3) is 0.312. The molecule has 41 heavy (non-hydrogen) atoms. The van der Waals surface area contributed by atoms with Gasteiger partial charge in [0.05, 0.1) is 0 Å². The molecule has 0 fully saturated rings. The molecule has 0 aliphatic heterocycles. The van der Waals surface area contributed by atoms with Crippen molar-refractivity contribution in [1.29, 1.82) is 0 Å². The van der Waals surface area contributed by atoms with Gasteiger partial charge in [0.2, 0.25) is 5.91 Å². The average molecular weight is 559 g/mol. The number of aliphatic carboxylic acids is 1. The van der Waals surface area contributed by atoms with Crippen molar-refractivity contribution >= 4 is 35.0 Å². The van der Waals surface area contributed by atoms with Crippen molar-refractivity contribution in [2.75, 3.05) is 13.1 Å². The maximum absolute atomic E-state index is 12.5. The molecule has 2 aliphatic carbocycles. The molecule has 4 rings (SSSR count). The van der Waals surface area contributed by atoms with Crippen molar-refractivity contribution in [2.24, 2.45) is 5.73 Å². The fourth-order valence-electron chi connectivity index (χ4n) is 4.85. The number of carbonyl (C=O) groups is 6. The lowest BCUT2D eigenvalue weighted by Crippen LogP contribution is -2.28. The summed E-state index contributed by atoms with van der Waals surface area (Å²) in [6.45, 7) is 4.16. The first kappa shape index (κ1) is 31.0. The highest BCUT2D eigenvalue weighted by Gasteiger charge is 2.30. The SMILES string of the molecule is CC1=C(CCCC(=O)NCCN)C(=O)c2ccccc2C1=O.CC1=C(CCCC(=O)O)C(=O)c2ccccc2C1=O. The number of carboxylic acid groups (broad SMARTS) is 1. The summed E-state index contributed by atoms with van der Waals surface area (Å²) < 4.78 is 0. The normalized spacial score (nSPS) is 14.3. The summed E-state index contributed by atoms with van der Waals surface area (Å²) in [7, 11) is 0. The van der Waals surface area contributed by atoms with Crippen molar-refractivity contribution in [3.05, 3.63) is 93.1 Å². The molecule has 1 amide bonds. The molecule has 0 saturated carbocycles. The third-order valence-electron chi connectivity index (χ3n) is 7.08. The molecule has 2 aromatic rings. The monoisotopic (exact) mass is 558 g/mol. The molecule has 0 heterocycles. The molecule has 2 aromatic carbocycles. The van der Waals surface area contributed by atoms with Gasteiger partial charge in [-0.2, -0.15) is 0 Å². The van der Waals surface area contributed by atoms with Crippen LogP contribution in [-0.2, 0) is 9.59 Å². The van der Waals surface area contributed by atoms with E-state index in [4.69, 9.17) is 10.8 Å². The van der Waals surface area contributed by atoms with Crippen LogP contribution >= 0.6 is 0 Å². The van der Waals surface area contributed by atoms with Crippen LogP contribution in [0.25, 0.3) is 0 Å². The van der Waals surface area contributed by atoms with Crippen molar-refractivity contribution in [3.8, 4) is 0 Å². The number of ketones is 4. The van der Waals surface area contributed by atoms with Gasteiger partial charge in [-0.3, -0.25) is 28.8 Å². The number of carboxylic acids is 1. The van der Waals surface area contributed by atoms with E-state index in [0.717, 1.165) is 0 Å². The van der Waals surface area contributed by atoms with Crippen LogP contribution in [-0.4, -0.2) is 53.2 Å². The highest BCUT2D eigenvalue weighted by molar-refractivity contribution is 6.27. The molecule has 9 nitrogen and oxygen atoms in total. The number of amides is 1. The molecule has 4 N–H and O–H groups in total. The lowest BCUT2D eigenvalue weighted by atomic mass is 9.83. The second-order valence-corrected chi connectivity index (χ2v) is 9.85. The van der Waals surface area contributed by atoms with E-state index < -0.39 is 5.97 Å². The van der Waals surface area contributed by atoms with E-state index in [0.29, 0.717) is 89.7 Å². The first-order chi connectivity index (χ1) is 19.6. The van der Waals surface area contributed by atoms with Crippen molar-refractivity contribution < 1.29 is 33.9 Å². The summed E-state index contributed by atoms with van der Waals surface area (Å²) in [6, 6.07) is 13.6. The van der Waals surface area contributed by atoms with Crippen molar-refractivity contribution in [2.45, 2.75) is 52.4 Å². The maximum atomic E-state index is 12.5. The van der Waals surface area contributed by atoms with Crippen molar-refractivity contribution in [3.63, 3.8) is 0 Å². The Bertz CT molecular complexity index is 1470. The predicted molar refractivity (Wildman–Crippen MR) is 153 cm³/mol. The van der Waals surface area contributed by atoms with Gasteiger partial charge in [-0.05, 0) is 39.5 Å². The quantitative estimate of drug-likeness (QED) is 0.390. The Balaban J connectivity index is 0.000000228. The van der Waals surface area contributed by atoms with Crippen LogP contribution < -0.4 is 11.1 Å². The third kappa shape index (κ3) is 7.37. The van der Waals surface area contributed by atoms with E-state index in [9.17, 15) is 28.8 Å². The lowest BCUT2D eigenvalue weighted by molar-refractivity contribution is -0.137. The summed E-state index contributed by atoms with van der Waals surface area (Å²) in [4.78, 5) is 71.3. The average Bonchev–Trinajstić information content (AvgIpc) is 2.97. The number of hydrogen-bond acceptors (Lipinski definition) is 7. The summed E-state index contributed by atoms with van der Waals surface area (Å²) in [6.07, 6.45) is 1.98. The van der Waals surface area contributed by atoms with Gasteiger partial charge in [-0.1, -0.05) is 48.5 Å². The minimum absolute atomic E-state index is 0.000102. The Morgan fingerprint density at radius 3 is 1.46 bits per heavy atom. The van der Waals surface area contributed by atoms with E-state index >= 15 is 0 Å². The van der Waals surface area contributed by atoms with Gasteiger partial charge in [-0.25, -0.2) is 0 Å². The minimum Gasteiger partial charge on any atom is -0.481 e. The van der Waals surface area contributed by atoms with Gasteiger partial charge in [0.15, 0.2) is 23.1 Å². The van der Waals surface area contributed by atoms with Gasteiger partial charge in [0, 0.05) is 70.5 Å². The zero-order valence-electron chi connectivity index (χ0n) is 23.2. The number of hydrogen-bond donors (Lipinski definition) is 3. The molecule has 0 radical (unpaired) electrons. The number of Topliss-reactive ketones (excluding diaryl/α,β-unsaturated/α-hetero) is 4. The summed E-state index contributed by atoms with van der Waals surface area (Å²) in [5.74, 6) is -1.47. The van der Waals surface area contributed by atoms with E-state index in [1.54, 1.807) is 62.4 Å². The fourth-order valence-corrected chi connectivity index (χ4v) is 4.85. The Kier molecular flexibility index (Phi) is 10.8. The molecule has 0 spiro atoms. The van der Waals surface area contributed by atoms with Gasteiger partial charge >= 0.3 is 5.97 Å². The highest BCUT2D eigenvalue weighted by atomic mass is 16.4. The molecule has 0 bridgehead atoms. The van der Waals surface area contributed by atoms with E-state index in [1.807, 2.05) is 0 Å². The summed E-state index contributed by atoms with van der Waals surface area (Å²) in [5, 5.41) is 11.3. The zero-order valence-corrected chi connectivity index (χ0v) is 23.2. The van der Waals surface area contributed by atoms with Crippen LogP contribution in [0.4, 0.5) is 0 Å². The number of nitrogens with one attached hydrogen (secondary N) is 1. The van der Waals surface area contributed by atoms with E-state index in [-0.39, 0.29) is 35.5 Å². The number of fused-ring (bicyclic) bond motifs is 2. The van der Waals surface area contributed by atoms with E-state index in [1.165, 1.54) is 0 Å². The molecule has 214 valence electrons. The molecule has 0 saturated heterocycles. The molecule has 0 aromatic heterocycles. The number of carbonyl (C=O) groups excluding carboxylic acids is 5. The summed E-state index contributed by atoms with van der Waals surface area (Å²) in [5.41, 5.74) is 9.00. The molecule has 0 atom stereocenters. The smallest absolute Gasteiger partial charge is 0.303 e. The van der Waals surface area contributed by atoms with Crippen LogP contribution in [0, 0.1) is 0 Å². The Hall–Kier alpha value is -4.50. The molecule has 0 unspecified atom stereocenters. The van der Waals surface area contributed by atoms with Gasteiger partial charge in [0.25, 0.3) is 0 Å². The number of nitrogens with two attached hydrogens (primary N) is 1.